The fourth-order valence-corrected chi connectivity index (χ4v) is 2.59. The van der Waals surface area contributed by atoms with Crippen molar-refractivity contribution in [3.8, 4) is 0 Å². The maximum atomic E-state index is 9.17. The summed E-state index contributed by atoms with van der Waals surface area (Å²) in [6.45, 7) is 0.0839. The van der Waals surface area contributed by atoms with Crippen LogP contribution in [0.25, 0.3) is 10.9 Å². The van der Waals surface area contributed by atoms with E-state index in [9.17, 15) is 0 Å². The minimum Gasteiger partial charge on any atom is -0.392 e. The molecule has 0 aliphatic heterocycles. The summed E-state index contributed by atoms with van der Waals surface area (Å²) in [5.74, 6) is 0. The van der Waals surface area contributed by atoms with Gasteiger partial charge in [0.05, 0.1) is 12.1 Å². The smallest absolute Gasteiger partial charge is 0.0720 e. The lowest BCUT2D eigenvalue weighted by atomic mass is 10.0. The van der Waals surface area contributed by atoms with E-state index in [4.69, 9.17) is 16.7 Å². The van der Waals surface area contributed by atoms with Gasteiger partial charge in [-0.25, -0.2) is 0 Å². The van der Waals surface area contributed by atoms with Crippen LogP contribution in [0.2, 0.25) is 5.02 Å². The molecule has 1 heterocycles. The molecule has 0 amide bonds. The Morgan fingerprint density at radius 3 is 2.57 bits per heavy atom. The van der Waals surface area contributed by atoms with E-state index in [0.29, 0.717) is 5.02 Å². The number of aromatic nitrogens is 1. The Hall–Kier alpha value is -1.90. The molecule has 2 aromatic carbocycles. The van der Waals surface area contributed by atoms with Crippen molar-refractivity contribution in [1.82, 2.24) is 4.98 Å². The van der Waals surface area contributed by atoms with Gasteiger partial charge in [0, 0.05) is 16.1 Å². The first kappa shape index (κ1) is 14.1. The Balaban J connectivity index is 1.78. The third kappa shape index (κ3) is 3.41. The Labute approximate surface area is 129 Å². The molecule has 2 nitrogen and oxygen atoms in total. The van der Waals surface area contributed by atoms with Crippen LogP contribution >= 0.6 is 11.6 Å². The van der Waals surface area contributed by atoms with E-state index < -0.39 is 0 Å². The summed E-state index contributed by atoms with van der Waals surface area (Å²) in [5, 5.41) is 11.0. The number of benzene rings is 2. The highest BCUT2D eigenvalue weighted by atomic mass is 35.5. The Bertz CT molecular complexity index is 770. The largest absolute Gasteiger partial charge is 0.392 e. The predicted molar refractivity (Wildman–Crippen MR) is 86.5 cm³/mol. The zero-order chi connectivity index (χ0) is 14.7. The number of nitrogens with zero attached hydrogens (tertiary/aromatic N) is 1. The van der Waals surface area contributed by atoms with Crippen molar-refractivity contribution in [2.45, 2.75) is 19.4 Å². The lowest BCUT2D eigenvalue weighted by Gasteiger charge is -2.05. The zero-order valence-corrected chi connectivity index (χ0v) is 12.3. The molecule has 0 unspecified atom stereocenters. The Morgan fingerprint density at radius 2 is 1.71 bits per heavy atom. The lowest BCUT2D eigenvalue weighted by molar-refractivity contribution is 0.281. The molecule has 1 N–H and O–H groups in total. The Kier molecular flexibility index (Phi) is 4.18. The summed E-state index contributed by atoms with van der Waals surface area (Å²) in [6, 6.07) is 17.9. The van der Waals surface area contributed by atoms with Gasteiger partial charge in [0.1, 0.15) is 0 Å². The first-order valence-corrected chi connectivity index (χ1v) is 7.36. The molecule has 0 bridgehead atoms. The summed E-state index contributed by atoms with van der Waals surface area (Å²) in [4.78, 5) is 4.66. The van der Waals surface area contributed by atoms with Crippen LogP contribution in [-0.4, -0.2) is 10.1 Å². The topological polar surface area (TPSA) is 33.1 Å². The van der Waals surface area contributed by atoms with Crippen molar-refractivity contribution in [1.29, 1.82) is 0 Å². The molecule has 0 radical (unpaired) electrons. The highest BCUT2D eigenvalue weighted by Gasteiger charge is 2.01. The third-order valence-corrected chi connectivity index (χ3v) is 3.79. The van der Waals surface area contributed by atoms with Gasteiger partial charge >= 0.3 is 0 Å². The normalized spacial score (nSPS) is 11.0. The van der Waals surface area contributed by atoms with Crippen LogP contribution in [0.15, 0.2) is 54.6 Å². The molecule has 106 valence electrons. The number of hydrogen-bond donors (Lipinski definition) is 1. The van der Waals surface area contributed by atoms with E-state index in [1.165, 1.54) is 5.56 Å². The van der Waals surface area contributed by atoms with Crippen LogP contribution in [0.4, 0.5) is 0 Å². The maximum Gasteiger partial charge on any atom is 0.0720 e. The molecule has 3 heteroatoms. The van der Waals surface area contributed by atoms with Crippen molar-refractivity contribution in [3.05, 3.63) is 76.4 Å². The number of fused-ring (bicyclic) bond motifs is 1. The number of halogens is 1. The minimum absolute atomic E-state index is 0.0839. The first-order valence-electron chi connectivity index (χ1n) is 6.98. The summed E-state index contributed by atoms with van der Waals surface area (Å²) in [6.07, 6.45) is 1.78. The number of pyridine rings is 1. The third-order valence-electron chi connectivity index (χ3n) is 3.56. The van der Waals surface area contributed by atoms with Crippen LogP contribution in [0.3, 0.4) is 0 Å². The van der Waals surface area contributed by atoms with Crippen LogP contribution in [0, 0.1) is 0 Å². The molecule has 1 aromatic heterocycles. The van der Waals surface area contributed by atoms with Crippen molar-refractivity contribution in [2.75, 3.05) is 0 Å². The zero-order valence-electron chi connectivity index (χ0n) is 11.6. The van der Waals surface area contributed by atoms with Crippen molar-refractivity contribution in [3.63, 3.8) is 0 Å². The van der Waals surface area contributed by atoms with Gasteiger partial charge in [0.25, 0.3) is 0 Å². The van der Waals surface area contributed by atoms with Crippen molar-refractivity contribution < 1.29 is 5.11 Å². The second kappa shape index (κ2) is 6.25. The van der Waals surface area contributed by atoms with Gasteiger partial charge in [-0.05, 0) is 42.2 Å². The summed E-state index contributed by atoms with van der Waals surface area (Å²) < 4.78 is 0. The Morgan fingerprint density at radius 1 is 0.905 bits per heavy atom. The van der Waals surface area contributed by atoms with E-state index in [-0.39, 0.29) is 6.61 Å². The lowest BCUT2D eigenvalue weighted by Crippen LogP contribution is -1.96. The molecule has 0 saturated heterocycles. The molecular weight excluding hydrogens is 282 g/mol. The van der Waals surface area contributed by atoms with Gasteiger partial charge in [-0.15, -0.1) is 0 Å². The molecule has 3 aromatic rings. The number of rotatable bonds is 4. The summed E-state index contributed by atoms with van der Waals surface area (Å²) in [7, 11) is 0. The number of aliphatic hydroxyl groups excluding tert-OH is 1. The SMILES string of the molecule is OCc1cccc(CCc2ccc3ccc(Cl)cc3n2)c1. The molecule has 3 rings (SSSR count). The predicted octanol–water partition coefficient (Wildman–Crippen LogP) is 4.17. The summed E-state index contributed by atoms with van der Waals surface area (Å²) >= 11 is 6.01. The number of aliphatic hydroxyl groups is 1. The van der Waals surface area contributed by atoms with E-state index in [1.807, 2.05) is 36.4 Å². The van der Waals surface area contributed by atoms with Gasteiger partial charge in [-0.3, -0.25) is 4.98 Å². The average molecular weight is 298 g/mol. The fourth-order valence-electron chi connectivity index (χ4n) is 2.43. The standard InChI is InChI=1S/C18H16ClNO/c19-16-7-5-15-6-9-17(20-18(15)11-16)8-4-13-2-1-3-14(10-13)12-21/h1-3,5-7,9-11,21H,4,8,12H2. The molecule has 0 fully saturated rings. The quantitative estimate of drug-likeness (QED) is 0.784. The van der Waals surface area contributed by atoms with E-state index in [1.54, 1.807) is 0 Å². The van der Waals surface area contributed by atoms with E-state index in [2.05, 4.69) is 23.2 Å². The second-order valence-electron chi connectivity index (χ2n) is 5.12. The number of hydrogen-bond acceptors (Lipinski definition) is 2. The second-order valence-corrected chi connectivity index (χ2v) is 5.55. The monoisotopic (exact) mass is 297 g/mol. The van der Waals surface area contributed by atoms with Crippen LogP contribution < -0.4 is 0 Å². The fraction of sp³-hybridized carbons (Fsp3) is 0.167. The van der Waals surface area contributed by atoms with Gasteiger partial charge in [0.2, 0.25) is 0 Å². The summed E-state index contributed by atoms with van der Waals surface area (Å²) in [5.41, 5.74) is 4.16. The molecule has 0 atom stereocenters. The minimum atomic E-state index is 0.0839. The number of aryl methyl sites for hydroxylation is 2. The van der Waals surface area contributed by atoms with Crippen molar-refractivity contribution >= 4 is 22.5 Å². The maximum absolute atomic E-state index is 9.17. The molecule has 0 spiro atoms. The average Bonchev–Trinajstić information content (AvgIpc) is 2.52. The van der Waals surface area contributed by atoms with E-state index >= 15 is 0 Å². The van der Waals surface area contributed by atoms with Crippen LogP contribution in [-0.2, 0) is 19.4 Å². The molecule has 0 aliphatic rings. The van der Waals surface area contributed by atoms with Gasteiger partial charge in [0.15, 0.2) is 0 Å². The first-order chi connectivity index (χ1) is 10.2. The molecule has 21 heavy (non-hydrogen) atoms. The van der Waals surface area contributed by atoms with Gasteiger partial charge in [-0.2, -0.15) is 0 Å². The molecule has 0 saturated carbocycles. The highest BCUT2D eigenvalue weighted by Crippen LogP contribution is 2.18. The molecular formula is C18H16ClNO. The highest BCUT2D eigenvalue weighted by molar-refractivity contribution is 6.31. The molecule has 0 aliphatic carbocycles. The van der Waals surface area contributed by atoms with Gasteiger partial charge in [-0.1, -0.05) is 48.0 Å². The van der Waals surface area contributed by atoms with Crippen molar-refractivity contribution in [2.24, 2.45) is 0 Å². The van der Waals surface area contributed by atoms with Crippen LogP contribution in [0.5, 0.6) is 0 Å². The van der Waals surface area contributed by atoms with Gasteiger partial charge < -0.3 is 5.11 Å². The van der Waals surface area contributed by atoms with E-state index in [0.717, 1.165) is 35.0 Å². The van der Waals surface area contributed by atoms with Crippen LogP contribution in [0.1, 0.15) is 16.8 Å².